The van der Waals surface area contributed by atoms with Crippen molar-refractivity contribution in [1.29, 1.82) is 0 Å². The fourth-order valence-electron chi connectivity index (χ4n) is 2.47. The smallest absolute Gasteiger partial charge is 0.218 e. The molecule has 0 N–H and O–H groups in total. The van der Waals surface area contributed by atoms with Gasteiger partial charge in [-0.2, -0.15) is 0 Å². The molecule has 4 nitrogen and oxygen atoms in total. The molecule has 1 atom stereocenters. The molecule has 1 aliphatic rings. The highest BCUT2D eigenvalue weighted by Gasteiger charge is 2.21. The fraction of sp³-hybridized carbons (Fsp3) is 0.714. The molecule has 0 aliphatic carbocycles. The maximum atomic E-state index is 5.85. The maximum Gasteiger partial charge on any atom is 0.218 e. The highest BCUT2D eigenvalue weighted by atomic mass is 35.5. The lowest BCUT2D eigenvalue weighted by atomic mass is 9.95. The molecule has 0 radical (unpaired) electrons. The van der Waals surface area contributed by atoms with E-state index in [9.17, 15) is 0 Å². The monoisotopic (exact) mass is 283 g/mol. The fourth-order valence-corrected chi connectivity index (χ4v) is 2.78. The van der Waals surface area contributed by atoms with Crippen molar-refractivity contribution in [2.45, 2.75) is 39.2 Å². The van der Waals surface area contributed by atoms with E-state index in [4.69, 9.17) is 16.3 Å². The highest BCUT2D eigenvalue weighted by Crippen LogP contribution is 2.25. The van der Waals surface area contributed by atoms with E-state index in [0.717, 1.165) is 31.2 Å². The average molecular weight is 284 g/mol. The summed E-state index contributed by atoms with van der Waals surface area (Å²) in [5.74, 6) is 3.03. The first kappa shape index (κ1) is 14.4. The lowest BCUT2D eigenvalue weighted by molar-refractivity contribution is 0.232. The first-order valence-corrected chi connectivity index (χ1v) is 7.52. The molecule has 0 aromatic carbocycles. The number of anilines is 1. The van der Waals surface area contributed by atoms with Crippen LogP contribution in [0.25, 0.3) is 0 Å². The van der Waals surface area contributed by atoms with Crippen molar-refractivity contribution in [2.75, 3.05) is 23.9 Å². The van der Waals surface area contributed by atoms with Crippen LogP contribution in [0.4, 0.5) is 5.82 Å². The summed E-state index contributed by atoms with van der Waals surface area (Å²) in [5, 5.41) is 0. The molecular formula is C14H22ClN3O. The van der Waals surface area contributed by atoms with Crippen LogP contribution in [0, 0.1) is 5.92 Å². The van der Waals surface area contributed by atoms with E-state index in [-0.39, 0.29) is 6.10 Å². The molecule has 106 valence electrons. The van der Waals surface area contributed by atoms with Crippen molar-refractivity contribution in [2.24, 2.45) is 5.92 Å². The highest BCUT2D eigenvalue weighted by molar-refractivity contribution is 6.17. The Hall–Kier alpha value is -1.03. The van der Waals surface area contributed by atoms with Gasteiger partial charge in [0.25, 0.3) is 0 Å². The van der Waals surface area contributed by atoms with Crippen LogP contribution < -0.4 is 9.64 Å². The predicted octanol–water partition coefficient (Wildman–Crippen LogP) is 3.11. The Morgan fingerprint density at radius 3 is 3.05 bits per heavy atom. The van der Waals surface area contributed by atoms with Crippen molar-refractivity contribution in [3.8, 4) is 5.88 Å². The van der Waals surface area contributed by atoms with Gasteiger partial charge in [0.05, 0.1) is 6.10 Å². The van der Waals surface area contributed by atoms with Crippen LogP contribution in [-0.2, 0) is 0 Å². The van der Waals surface area contributed by atoms with Crippen molar-refractivity contribution >= 4 is 17.4 Å². The zero-order chi connectivity index (χ0) is 13.7. The summed E-state index contributed by atoms with van der Waals surface area (Å²) in [6.07, 6.45) is 5.26. The molecule has 19 heavy (non-hydrogen) atoms. The minimum absolute atomic E-state index is 0.133. The van der Waals surface area contributed by atoms with Crippen LogP contribution in [0.3, 0.4) is 0 Å². The van der Waals surface area contributed by atoms with Crippen LogP contribution in [0.2, 0.25) is 0 Å². The molecule has 1 fully saturated rings. The van der Waals surface area contributed by atoms with Crippen molar-refractivity contribution in [3.63, 3.8) is 0 Å². The topological polar surface area (TPSA) is 38.2 Å². The minimum atomic E-state index is 0.133. The number of hydrogen-bond donors (Lipinski definition) is 0. The van der Waals surface area contributed by atoms with Crippen LogP contribution in [-0.4, -0.2) is 35.0 Å². The largest absolute Gasteiger partial charge is 0.475 e. The summed E-state index contributed by atoms with van der Waals surface area (Å²) in [7, 11) is 0. The van der Waals surface area contributed by atoms with Crippen LogP contribution >= 0.6 is 11.6 Å². The lowest BCUT2D eigenvalue weighted by Gasteiger charge is -2.33. The number of halogens is 1. The van der Waals surface area contributed by atoms with Gasteiger partial charge in [0.1, 0.15) is 12.1 Å². The Labute approximate surface area is 120 Å². The van der Waals surface area contributed by atoms with Crippen LogP contribution in [0.5, 0.6) is 5.88 Å². The van der Waals surface area contributed by atoms with Crippen molar-refractivity contribution < 1.29 is 4.74 Å². The number of rotatable bonds is 5. The molecule has 0 saturated carbocycles. The Morgan fingerprint density at radius 2 is 2.32 bits per heavy atom. The zero-order valence-electron chi connectivity index (χ0n) is 11.7. The third kappa shape index (κ3) is 4.23. The second-order valence-electron chi connectivity index (χ2n) is 5.31. The number of ether oxygens (including phenoxy) is 1. The van der Waals surface area contributed by atoms with E-state index in [2.05, 4.69) is 14.9 Å². The van der Waals surface area contributed by atoms with E-state index in [1.807, 2.05) is 19.9 Å². The molecule has 1 aliphatic heterocycles. The van der Waals surface area contributed by atoms with Gasteiger partial charge in [-0.3, -0.25) is 0 Å². The van der Waals surface area contributed by atoms with Gasteiger partial charge >= 0.3 is 0 Å². The summed E-state index contributed by atoms with van der Waals surface area (Å²) in [6, 6.07) is 1.93. The number of nitrogens with zero attached hydrogens (tertiary/aromatic N) is 3. The van der Waals surface area contributed by atoms with E-state index in [1.54, 1.807) is 6.33 Å². The summed E-state index contributed by atoms with van der Waals surface area (Å²) in [6.45, 7) is 6.08. The van der Waals surface area contributed by atoms with Gasteiger partial charge in [-0.25, -0.2) is 9.97 Å². The van der Waals surface area contributed by atoms with Crippen molar-refractivity contribution in [3.05, 3.63) is 12.4 Å². The summed E-state index contributed by atoms with van der Waals surface area (Å²) in [5.41, 5.74) is 0. The van der Waals surface area contributed by atoms with Gasteiger partial charge in [-0.15, -0.1) is 11.6 Å². The Balaban J connectivity index is 2.04. The first-order chi connectivity index (χ1) is 9.19. The maximum absolute atomic E-state index is 5.85. The van der Waals surface area contributed by atoms with E-state index in [0.29, 0.717) is 11.8 Å². The molecule has 2 heterocycles. The second-order valence-corrected chi connectivity index (χ2v) is 5.69. The second kappa shape index (κ2) is 6.94. The van der Waals surface area contributed by atoms with Crippen LogP contribution in [0.15, 0.2) is 12.4 Å². The molecule has 0 amide bonds. The summed E-state index contributed by atoms with van der Waals surface area (Å²) >= 11 is 5.85. The van der Waals surface area contributed by atoms with E-state index in [1.165, 1.54) is 12.8 Å². The molecule has 1 aromatic heterocycles. The molecule has 1 saturated heterocycles. The quantitative estimate of drug-likeness (QED) is 0.778. The minimum Gasteiger partial charge on any atom is -0.475 e. The molecule has 2 rings (SSSR count). The van der Waals surface area contributed by atoms with Gasteiger partial charge in [0, 0.05) is 25.0 Å². The van der Waals surface area contributed by atoms with Crippen LogP contribution in [0.1, 0.15) is 33.1 Å². The average Bonchev–Trinajstić information content (AvgIpc) is 2.39. The summed E-state index contributed by atoms with van der Waals surface area (Å²) < 4.78 is 5.62. The Morgan fingerprint density at radius 1 is 1.47 bits per heavy atom. The summed E-state index contributed by atoms with van der Waals surface area (Å²) in [4.78, 5) is 10.8. The molecular weight excluding hydrogens is 262 g/mol. The predicted molar refractivity (Wildman–Crippen MR) is 78.1 cm³/mol. The molecule has 1 aromatic rings. The first-order valence-electron chi connectivity index (χ1n) is 6.98. The van der Waals surface area contributed by atoms with Gasteiger partial charge in [-0.1, -0.05) is 0 Å². The number of aromatic nitrogens is 2. The normalized spacial score (nSPS) is 19.8. The van der Waals surface area contributed by atoms with Crippen molar-refractivity contribution in [1.82, 2.24) is 9.97 Å². The molecule has 1 unspecified atom stereocenters. The van der Waals surface area contributed by atoms with Gasteiger partial charge < -0.3 is 9.64 Å². The zero-order valence-corrected chi connectivity index (χ0v) is 12.4. The third-order valence-corrected chi connectivity index (χ3v) is 3.56. The molecule has 0 bridgehead atoms. The Kier molecular flexibility index (Phi) is 5.25. The number of hydrogen-bond acceptors (Lipinski definition) is 4. The SMILES string of the molecule is CC(C)Oc1cc(N2CCCC(CCCl)C2)ncn1. The number of piperidine rings is 1. The van der Waals surface area contributed by atoms with E-state index >= 15 is 0 Å². The molecule has 5 heteroatoms. The van der Waals surface area contributed by atoms with Gasteiger partial charge in [-0.05, 0) is 39.0 Å². The Bertz CT molecular complexity index is 398. The standard InChI is InChI=1S/C14H22ClN3O/c1-11(2)19-14-8-13(16-10-17-14)18-7-3-4-12(9-18)5-6-15/h8,10-12H,3-7,9H2,1-2H3. The van der Waals surface area contributed by atoms with E-state index < -0.39 is 0 Å². The lowest BCUT2D eigenvalue weighted by Crippen LogP contribution is -2.36. The molecule has 0 spiro atoms. The third-order valence-electron chi connectivity index (χ3n) is 3.34. The van der Waals surface area contributed by atoms with Gasteiger partial charge in [0.15, 0.2) is 0 Å². The van der Waals surface area contributed by atoms with Gasteiger partial charge in [0.2, 0.25) is 5.88 Å². The number of alkyl halides is 1.